The van der Waals surface area contributed by atoms with Crippen LogP contribution in [0.25, 0.3) is 0 Å². The van der Waals surface area contributed by atoms with Crippen LogP contribution in [0.15, 0.2) is 53.5 Å². The number of aromatic carboxylic acids is 1. The number of nitrogens with zero attached hydrogens (tertiary/aromatic N) is 1. The Labute approximate surface area is 129 Å². The van der Waals surface area contributed by atoms with E-state index in [1.54, 1.807) is 6.07 Å². The van der Waals surface area contributed by atoms with Crippen molar-refractivity contribution >= 4 is 17.5 Å². The van der Waals surface area contributed by atoms with E-state index in [0.717, 1.165) is 5.56 Å². The number of hydrogen-bond donors (Lipinski definition) is 2. The first-order valence-electron chi connectivity index (χ1n) is 6.83. The Hall–Kier alpha value is -2.82. The standard InChI is InChI=1S/C17H18N2O3/c1-11(12-6-4-3-5-7-12)16(18)19-14-10-13(17(20)21)8-9-15(14)22-2/h3-11H,1-2H3,(H2,18,19)(H,20,21). The van der Waals surface area contributed by atoms with Crippen LogP contribution in [-0.2, 0) is 0 Å². The van der Waals surface area contributed by atoms with Crippen LogP contribution in [0.1, 0.15) is 28.8 Å². The first-order chi connectivity index (χ1) is 10.5. The number of aliphatic imine (C=N–C) groups is 1. The summed E-state index contributed by atoms with van der Waals surface area (Å²) < 4.78 is 5.21. The maximum atomic E-state index is 11.1. The zero-order valence-corrected chi connectivity index (χ0v) is 12.5. The third-order valence-corrected chi connectivity index (χ3v) is 3.42. The SMILES string of the molecule is COc1ccc(C(=O)O)cc1N=C(N)C(C)c1ccccc1. The number of methoxy groups -OCH3 is 1. The fourth-order valence-corrected chi connectivity index (χ4v) is 2.06. The van der Waals surface area contributed by atoms with Crippen molar-refractivity contribution in [3.8, 4) is 5.75 Å². The minimum Gasteiger partial charge on any atom is -0.494 e. The molecule has 0 heterocycles. The van der Waals surface area contributed by atoms with Gasteiger partial charge in [-0.05, 0) is 23.8 Å². The fourth-order valence-electron chi connectivity index (χ4n) is 2.06. The van der Waals surface area contributed by atoms with E-state index in [0.29, 0.717) is 17.3 Å². The number of benzene rings is 2. The van der Waals surface area contributed by atoms with Gasteiger partial charge in [-0.1, -0.05) is 37.3 Å². The zero-order chi connectivity index (χ0) is 16.1. The summed E-state index contributed by atoms with van der Waals surface area (Å²) in [6.07, 6.45) is 0. The van der Waals surface area contributed by atoms with Gasteiger partial charge >= 0.3 is 5.97 Å². The van der Waals surface area contributed by atoms with Crippen LogP contribution >= 0.6 is 0 Å². The predicted molar refractivity (Wildman–Crippen MR) is 86.1 cm³/mol. The van der Waals surface area contributed by atoms with Gasteiger partial charge in [0.15, 0.2) is 0 Å². The van der Waals surface area contributed by atoms with Crippen LogP contribution in [0.2, 0.25) is 0 Å². The molecule has 22 heavy (non-hydrogen) atoms. The first-order valence-corrected chi connectivity index (χ1v) is 6.83. The highest BCUT2D eigenvalue weighted by atomic mass is 16.5. The van der Waals surface area contributed by atoms with Gasteiger partial charge in [-0.25, -0.2) is 9.79 Å². The molecule has 2 aromatic carbocycles. The van der Waals surface area contributed by atoms with Crippen molar-refractivity contribution in [3.63, 3.8) is 0 Å². The summed E-state index contributed by atoms with van der Waals surface area (Å²) in [5, 5.41) is 9.07. The lowest BCUT2D eigenvalue weighted by molar-refractivity contribution is 0.0697. The van der Waals surface area contributed by atoms with Crippen molar-refractivity contribution in [1.29, 1.82) is 0 Å². The molecule has 5 heteroatoms. The molecule has 0 fully saturated rings. The molecule has 114 valence electrons. The lowest BCUT2D eigenvalue weighted by Gasteiger charge is -2.12. The van der Waals surface area contributed by atoms with E-state index >= 15 is 0 Å². The molecular formula is C17H18N2O3. The van der Waals surface area contributed by atoms with Gasteiger partial charge in [0.25, 0.3) is 0 Å². The Morgan fingerprint density at radius 1 is 1.23 bits per heavy atom. The van der Waals surface area contributed by atoms with Crippen molar-refractivity contribution < 1.29 is 14.6 Å². The van der Waals surface area contributed by atoms with Gasteiger partial charge in [0.2, 0.25) is 0 Å². The Morgan fingerprint density at radius 3 is 2.50 bits per heavy atom. The molecule has 0 saturated carbocycles. The van der Waals surface area contributed by atoms with Gasteiger partial charge in [-0.2, -0.15) is 0 Å². The first kappa shape index (κ1) is 15.6. The molecule has 0 spiro atoms. The number of nitrogens with two attached hydrogens (primary N) is 1. The van der Waals surface area contributed by atoms with Crippen molar-refractivity contribution in [2.75, 3.05) is 7.11 Å². The molecule has 0 bridgehead atoms. The Bertz CT molecular complexity index is 696. The topological polar surface area (TPSA) is 84.9 Å². The average molecular weight is 298 g/mol. The van der Waals surface area contributed by atoms with Crippen LogP contribution in [0.4, 0.5) is 5.69 Å². The van der Waals surface area contributed by atoms with Crippen LogP contribution in [0.5, 0.6) is 5.75 Å². The third kappa shape index (κ3) is 3.44. The van der Waals surface area contributed by atoms with Gasteiger partial charge < -0.3 is 15.6 Å². The van der Waals surface area contributed by atoms with E-state index in [1.807, 2.05) is 37.3 Å². The van der Waals surface area contributed by atoms with Gasteiger partial charge in [0.05, 0.1) is 12.7 Å². The Balaban J connectivity index is 2.38. The summed E-state index contributed by atoms with van der Waals surface area (Å²) in [4.78, 5) is 15.4. The highest BCUT2D eigenvalue weighted by Crippen LogP contribution is 2.29. The molecule has 0 aliphatic carbocycles. The molecule has 0 saturated heterocycles. The highest BCUT2D eigenvalue weighted by molar-refractivity contribution is 5.92. The van der Waals surface area contributed by atoms with Crippen LogP contribution in [-0.4, -0.2) is 24.0 Å². The van der Waals surface area contributed by atoms with E-state index in [1.165, 1.54) is 19.2 Å². The molecule has 0 aliphatic rings. The molecule has 0 radical (unpaired) electrons. The lowest BCUT2D eigenvalue weighted by atomic mass is 10.0. The summed E-state index contributed by atoms with van der Waals surface area (Å²) >= 11 is 0. The lowest BCUT2D eigenvalue weighted by Crippen LogP contribution is -2.19. The normalized spacial score (nSPS) is 12.7. The van der Waals surface area contributed by atoms with Crippen LogP contribution in [0.3, 0.4) is 0 Å². The van der Waals surface area contributed by atoms with Crippen molar-refractivity contribution in [1.82, 2.24) is 0 Å². The minimum atomic E-state index is -1.02. The fraction of sp³-hybridized carbons (Fsp3) is 0.176. The van der Waals surface area contributed by atoms with Gasteiger partial charge in [-0.15, -0.1) is 0 Å². The molecular weight excluding hydrogens is 280 g/mol. The summed E-state index contributed by atoms with van der Waals surface area (Å²) in [6, 6.07) is 14.2. The summed E-state index contributed by atoms with van der Waals surface area (Å²) in [6.45, 7) is 1.95. The number of carboxylic acid groups (broad SMARTS) is 1. The van der Waals surface area contributed by atoms with Crippen LogP contribution in [0, 0.1) is 0 Å². The molecule has 3 N–H and O–H groups in total. The summed E-state index contributed by atoms with van der Waals surface area (Å²) in [7, 11) is 1.51. The van der Waals surface area contributed by atoms with Crippen molar-refractivity contribution in [2.45, 2.75) is 12.8 Å². The van der Waals surface area contributed by atoms with Gasteiger partial charge in [-0.3, -0.25) is 0 Å². The summed E-state index contributed by atoms with van der Waals surface area (Å²) in [5.74, 6) is -0.228. The number of carbonyl (C=O) groups is 1. The Kier molecular flexibility index (Phi) is 4.78. The zero-order valence-electron chi connectivity index (χ0n) is 12.5. The quantitative estimate of drug-likeness (QED) is 0.655. The third-order valence-electron chi connectivity index (χ3n) is 3.42. The second kappa shape index (κ2) is 6.76. The minimum absolute atomic E-state index is 0.0839. The largest absolute Gasteiger partial charge is 0.494 e. The molecule has 2 aromatic rings. The number of carboxylic acids is 1. The number of rotatable bonds is 5. The molecule has 5 nitrogen and oxygen atoms in total. The van der Waals surface area contributed by atoms with E-state index in [2.05, 4.69) is 4.99 Å². The van der Waals surface area contributed by atoms with Gasteiger partial charge in [0, 0.05) is 5.92 Å². The molecule has 0 amide bonds. The molecule has 2 rings (SSSR count). The van der Waals surface area contributed by atoms with Crippen LogP contribution < -0.4 is 10.5 Å². The monoisotopic (exact) mass is 298 g/mol. The molecule has 0 aromatic heterocycles. The van der Waals surface area contributed by atoms with E-state index in [9.17, 15) is 4.79 Å². The van der Waals surface area contributed by atoms with E-state index in [4.69, 9.17) is 15.6 Å². The number of hydrogen-bond acceptors (Lipinski definition) is 3. The van der Waals surface area contributed by atoms with E-state index in [-0.39, 0.29) is 11.5 Å². The second-order valence-electron chi connectivity index (χ2n) is 4.86. The number of amidine groups is 1. The molecule has 1 unspecified atom stereocenters. The second-order valence-corrected chi connectivity index (χ2v) is 4.86. The number of ether oxygens (including phenoxy) is 1. The summed E-state index contributed by atoms with van der Waals surface area (Å²) in [5.41, 5.74) is 7.66. The van der Waals surface area contributed by atoms with Gasteiger partial charge in [0.1, 0.15) is 17.3 Å². The maximum absolute atomic E-state index is 11.1. The smallest absolute Gasteiger partial charge is 0.335 e. The average Bonchev–Trinajstić information content (AvgIpc) is 2.54. The van der Waals surface area contributed by atoms with Crippen molar-refractivity contribution in [3.05, 3.63) is 59.7 Å². The predicted octanol–water partition coefficient (Wildman–Crippen LogP) is 3.19. The van der Waals surface area contributed by atoms with Crippen molar-refractivity contribution in [2.24, 2.45) is 10.7 Å². The molecule has 1 atom stereocenters. The highest BCUT2D eigenvalue weighted by Gasteiger charge is 2.13. The molecule has 0 aliphatic heterocycles. The van der Waals surface area contributed by atoms with E-state index < -0.39 is 5.97 Å². The maximum Gasteiger partial charge on any atom is 0.335 e. The Morgan fingerprint density at radius 2 is 1.91 bits per heavy atom.